The molecule has 0 heterocycles. The lowest BCUT2D eigenvalue weighted by atomic mass is 10.1. The molecule has 2 aromatic rings. The minimum atomic E-state index is 0.0122. The van der Waals surface area contributed by atoms with Gasteiger partial charge in [-0.1, -0.05) is 35.3 Å². The van der Waals surface area contributed by atoms with Crippen molar-refractivity contribution in [3.63, 3.8) is 0 Å². The lowest BCUT2D eigenvalue weighted by molar-refractivity contribution is 0.482. The summed E-state index contributed by atoms with van der Waals surface area (Å²) in [5, 5.41) is 1.07. The second-order valence-electron chi connectivity index (χ2n) is 4.03. The lowest BCUT2D eigenvalue weighted by Crippen LogP contribution is -2.04. The van der Waals surface area contributed by atoms with Gasteiger partial charge in [0.2, 0.25) is 0 Å². The summed E-state index contributed by atoms with van der Waals surface area (Å²) >= 11 is 11.9. The van der Waals surface area contributed by atoms with Gasteiger partial charge < -0.3 is 10.5 Å². The van der Waals surface area contributed by atoms with E-state index in [9.17, 15) is 0 Å². The summed E-state index contributed by atoms with van der Waals surface area (Å²) in [7, 11) is 0. The third kappa shape index (κ3) is 3.16. The van der Waals surface area contributed by atoms with Crippen LogP contribution in [-0.2, 0) is 0 Å². The first-order valence-electron chi connectivity index (χ1n) is 5.54. The summed E-state index contributed by atoms with van der Waals surface area (Å²) in [6.45, 7) is 1.94. The number of rotatable bonds is 3. The van der Waals surface area contributed by atoms with Gasteiger partial charge in [-0.15, -0.1) is 0 Å². The molecule has 0 fully saturated rings. The van der Waals surface area contributed by atoms with E-state index in [1.165, 1.54) is 0 Å². The van der Waals surface area contributed by atoms with E-state index in [-0.39, 0.29) is 6.04 Å². The molecule has 0 saturated heterocycles. The highest BCUT2D eigenvalue weighted by atomic mass is 35.5. The van der Waals surface area contributed by atoms with Gasteiger partial charge in [0, 0.05) is 11.1 Å². The number of hydrogen-bond donors (Lipinski definition) is 1. The smallest absolute Gasteiger partial charge is 0.146 e. The first-order valence-corrected chi connectivity index (χ1v) is 6.30. The van der Waals surface area contributed by atoms with E-state index < -0.39 is 0 Å². The van der Waals surface area contributed by atoms with E-state index >= 15 is 0 Å². The zero-order chi connectivity index (χ0) is 13.1. The number of hydrogen-bond acceptors (Lipinski definition) is 2. The Morgan fingerprint density at radius 3 is 2.28 bits per heavy atom. The van der Waals surface area contributed by atoms with Crippen molar-refractivity contribution in [2.45, 2.75) is 13.0 Å². The molecule has 2 nitrogen and oxygen atoms in total. The fourth-order valence-corrected chi connectivity index (χ4v) is 1.97. The van der Waals surface area contributed by atoms with Crippen LogP contribution in [0.25, 0.3) is 0 Å². The predicted octanol–water partition coefficient (Wildman–Crippen LogP) is 4.81. The third-order valence-corrected chi connectivity index (χ3v) is 3.06. The number of ether oxygens (including phenoxy) is 1. The number of halogens is 2. The van der Waals surface area contributed by atoms with Crippen LogP contribution in [-0.4, -0.2) is 0 Å². The maximum Gasteiger partial charge on any atom is 0.146 e. The lowest BCUT2D eigenvalue weighted by Gasteiger charge is -2.10. The van der Waals surface area contributed by atoms with E-state index in [1.54, 1.807) is 18.2 Å². The molecule has 94 valence electrons. The Hall–Kier alpha value is -1.22. The minimum absolute atomic E-state index is 0.0122. The zero-order valence-corrected chi connectivity index (χ0v) is 11.4. The fourth-order valence-electron chi connectivity index (χ4n) is 1.52. The second-order valence-corrected chi connectivity index (χ2v) is 4.88. The summed E-state index contributed by atoms with van der Waals surface area (Å²) < 4.78 is 5.67. The highest BCUT2D eigenvalue weighted by molar-refractivity contribution is 6.35. The van der Waals surface area contributed by atoms with Crippen LogP contribution in [0.15, 0.2) is 42.5 Å². The standard InChI is InChI=1S/C14H13Cl2NO/c1-9(17)10-2-5-12(6-3-10)18-14-7-4-11(15)8-13(14)16/h2-9H,17H2,1H3. The van der Waals surface area contributed by atoms with E-state index in [0.29, 0.717) is 21.5 Å². The Bertz CT molecular complexity index is 538. The van der Waals surface area contributed by atoms with Crippen LogP contribution in [0.3, 0.4) is 0 Å². The van der Waals surface area contributed by atoms with Gasteiger partial charge in [-0.25, -0.2) is 0 Å². The monoisotopic (exact) mass is 281 g/mol. The molecule has 0 aromatic heterocycles. The topological polar surface area (TPSA) is 35.2 Å². The molecule has 0 amide bonds. The Balaban J connectivity index is 2.18. The van der Waals surface area contributed by atoms with Crippen molar-refractivity contribution in [2.75, 3.05) is 0 Å². The van der Waals surface area contributed by atoms with Crippen molar-refractivity contribution >= 4 is 23.2 Å². The van der Waals surface area contributed by atoms with E-state index in [2.05, 4.69) is 0 Å². The Labute approximate surface area is 116 Å². The summed E-state index contributed by atoms with van der Waals surface area (Å²) in [6, 6.07) is 12.7. The summed E-state index contributed by atoms with van der Waals surface area (Å²) in [5.74, 6) is 1.29. The Morgan fingerprint density at radius 1 is 1.06 bits per heavy atom. The summed E-state index contributed by atoms with van der Waals surface area (Å²) in [5.41, 5.74) is 6.84. The largest absolute Gasteiger partial charge is 0.456 e. The van der Waals surface area contributed by atoms with Crippen molar-refractivity contribution in [1.82, 2.24) is 0 Å². The molecule has 2 aromatic carbocycles. The first kappa shape index (κ1) is 13.2. The maximum atomic E-state index is 6.03. The Kier molecular flexibility index (Phi) is 4.12. The molecule has 0 radical (unpaired) electrons. The molecular weight excluding hydrogens is 269 g/mol. The summed E-state index contributed by atoms with van der Waals surface area (Å²) in [6.07, 6.45) is 0. The van der Waals surface area contributed by atoms with Gasteiger partial charge in [-0.3, -0.25) is 0 Å². The number of benzene rings is 2. The third-order valence-electron chi connectivity index (χ3n) is 2.53. The van der Waals surface area contributed by atoms with Crippen molar-refractivity contribution in [1.29, 1.82) is 0 Å². The normalized spacial score (nSPS) is 12.2. The quantitative estimate of drug-likeness (QED) is 0.877. The van der Waals surface area contributed by atoms with Gasteiger partial charge in [0.15, 0.2) is 0 Å². The minimum Gasteiger partial charge on any atom is -0.456 e. The van der Waals surface area contributed by atoms with Crippen LogP contribution in [0.5, 0.6) is 11.5 Å². The SMILES string of the molecule is CC(N)c1ccc(Oc2ccc(Cl)cc2Cl)cc1. The highest BCUT2D eigenvalue weighted by Gasteiger charge is 2.05. The van der Waals surface area contributed by atoms with Gasteiger partial charge in [-0.2, -0.15) is 0 Å². The molecular formula is C14H13Cl2NO. The van der Waals surface area contributed by atoms with Crippen LogP contribution in [0.1, 0.15) is 18.5 Å². The molecule has 4 heteroatoms. The molecule has 1 atom stereocenters. The van der Waals surface area contributed by atoms with Gasteiger partial charge in [0.25, 0.3) is 0 Å². The summed E-state index contributed by atoms with van der Waals surface area (Å²) in [4.78, 5) is 0. The van der Waals surface area contributed by atoms with Crippen LogP contribution >= 0.6 is 23.2 Å². The molecule has 0 spiro atoms. The Morgan fingerprint density at radius 2 is 1.72 bits per heavy atom. The molecule has 0 bridgehead atoms. The zero-order valence-electron chi connectivity index (χ0n) is 9.86. The molecule has 2 rings (SSSR count). The average Bonchev–Trinajstić information content (AvgIpc) is 2.33. The van der Waals surface area contributed by atoms with E-state index in [4.69, 9.17) is 33.7 Å². The van der Waals surface area contributed by atoms with Crippen LogP contribution in [0, 0.1) is 0 Å². The van der Waals surface area contributed by atoms with Crippen LogP contribution < -0.4 is 10.5 Å². The molecule has 0 saturated carbocycles. The maximum absolute atomic E-state index is 6.03. The predicted molar refractivity (Wildman–Crippen MR) is 75.6 cm³/mol. The van der Waals surface area contributed by atoms with E-state index in [1.807, 2.05) is 31.2 Å². The van der Waals surface area contributed by atoms with Crippen LogP contribution in [0.4, 0.5) is 0 Å². The van der Waals surface area contributed by atoms with E-state index in [0.717, 1.165) is 5.56 Å². The molecule has 2 N–H and O–H groups in total. The van der Waals surface area contributed by atoms with Crippen molar-refractivity contribution < 1.29 is 4.74 Å². The second kappa shape index (κ2) is 5.61. The van der Waals surface area contributed by atoms with Crippen LogP contribution in [0.2, 0.25) is 10.0 Å². The fraction of sp³-hybridized carbons (Fsp3) is 0.143. The molecule has 0 aliphatic heterocycles. The average molecular weight is 282 g/mol. The molecule has 0 aliphatic carbocycles. The molecule has 0 aliphatic rings. The van der Waals surface area contributed by atoms with Gasteiger partial charge >= 0.3 is 0 Å². The molecule has 18 heavy (non-hydrogen) atoms. The van der Waals surface area contributed by atoms with Crippen molar-refractivity contribution in [2.24, 2.45) is 5.73 Å². The first-order chi connectivity index (χ1) is 8.56. The van der Waals surface area contributed by atoms with Gasteiger partial charge in [0.1, 0.15) is 11.5 Å². The molecule has 1 unspecified atom stereocenters. The van der Waals surface area contributed by atoms with Gasteiger partial charge in [0.05, 0.1) is 5.02 Å². The van der Waals surface area contributed by atoms with Crippen molar-refractivity contribution in [3.05, 3.63) is 58.1 Å². The van der Waals surface area contributed by atoms with Gasteiger partial charge in [-0.05, 0) is 42.8 Å². The highest BCUT2D eigenvalue weighted by Crippen LogP contribution is 2.31. The number of nitrogens with two attached hydrogens (primary N) is 1. The van der Waals surface area contributed by atoms with Crippen molar-refractivity contribution in [3.8, 4) is 11.5 Å².